The summed E-state index contributed by atoms with van der Waals surface area (Å²) in [6.45, 7) is 6.10. The summed E-state index contributed by atoms with van der Waals surface area (Å²) < 4.78 is 2.01. The first-order valence-corrected chi connectivity index (χ1v) is 9.45. The summed E-state index contributed by atoms with van der Waals surface area (Å²) in [6.07, 6.45) is 3.97. The molecule has 1 aliphatic heterocycles. The quantitative estimate of drug-likeness (QED) is 0.707. The maximum Gasteiger partial charge on any atom is 0.104 e. The molecule has 4 nitrogen and oxygen atoms in total. The van der Waals surface area contributed by atoms with Crippen LogP contribution in [0.4, 0.5) is 5.69 Å². The van der Waals surface area contributed by atoms with Gasteiger partial charge in [-0.25, -0.2) is 0 Å². The van der Waals surface area contributed by atoms with Gasteiger partial charge >= 0.3 is 0 Å². The van der Waals surface area contributed by atoms with Gasteiger partial charge in [-0.1, -0.05) is 36.4 Å². The van der Waals surface area contributed by atoms with Crippen LogP contribution < -0.4 is 4.90 Å². The predicted octanol–water partition coefficient (Wildman–Crippen LogP) is 4.06. The van der Waals surface area contributed by atoms with Crippen molar-refractivity contribution < 1.29 is 0 Å². The zero-order valence-corrected chi connectivity index (χ0v) is 15.6. The Balaban J connectivity index is 1.54. The smallest absolute Gasteiger partial charge is 0.104 e. The van der Waals surface area contributed by atoms with E-state index in [9.17, 15) is 5.26 Å². The van der Waals surface area contributed by atoms with Crippen LogP contribution in [0.25, 0.3) is 5.69 Å². The fourth-order valence-electron chi connectivity index (χ4n) is 3.88. The molecule has 0 aliphatic carbocycles. The Labute approximate surface area is 160 Å². The first-order chi connectivity index (χ1) is 13.3. The highest BCUT2D eigenvalue weighted by atomic mass is 15.3. The minimum absolute atomic E-state index is 0.431. The van der Waals surface area contributed by atoms with Gasteiger partial charge in [-0.05, 0) is 36.8 Å². The maximum atomic E-state index is 9.84. The molecule has 1 aromatic heterocycles. The minimum Gasteiger partial charge on any atom is -0.368 e. The minimum atomic E-state index is 0.431. The van der Waals surface area contributed by atoms with Gasteiger partial charge in [0.25, 0.3) is 0 Å². The number of benzene rings is 2. The lowest BCUT2D eigenvalue weighted by Gasteiger charge is -2.41. The van der Waals surface area contributed by atoms with Gasteiger partial charge in [0, 0.05) is 44.6 Å². The van der Waals surface area contributed by atoms with E-state index in [-0.39, 0.29) is 0 Å². The van der Waals surface area contributed by atoms with E-state index in [1.807, 2.05) is 41.2 Å². The van der Waals surface area contributed by atoms with Crippen molar-refractivity contribution in [3.8, 4) is 11.8 Å². The lowest BCUT2D eigenvalue weighted by molar-refractivity contribution is 0.181. The molecule has 27 heavy (non-hydrogen) atoms. The molecule has 0 radical (unpaired) electrons. The molecule has 1 aliphatic rings. The van der Waals surface area contributed by atoms with Gasteiger partial charge in [0.1, 0.15) is 6.07 Å². The zero-order chi connectivity index (χ0) is 18.6. The van der Waals surface area contributed by atoms with E-state index in [4.69, 9.17) is 0 Å². The van der Waals surface area contributed by atoms with Gasteiger partial charge in [-0.3, -0.25) is 4.90 Å². The van der Waals surface area contributed by atoms with E-state index in [1.54, 1.807) is 0 Å². The first-order valence-electron chi connectivity index (χ1n) is 9.45. The van der Waals surface area contributed by atoms with Crippen LogP contribution >= 0.6 is 0 Å². The van der Waals surface area contributed by atoms with Crippen LogP contribution in [0.5, 0.6) is 0 Å². The van der Waals surface area contributed by atoms with Gasteiger partial charge in [-0.2, -0.15) is 5.26 Å². The van der Waals surface area contributed by atoms with E-state index in [0.29, 0.717) is 6.04 Å². The van der Waals surface area contributed by atoms with E-state index in [2.05, 4.69) is 59.2 Å². The van der Waals surface area contributed by atoms with E-state index >= 15 is 0 Å². The second-order valence-electron chi connectivity index (χ2n) is 7.12. The summed E-state index contributed by atoms with van der Waals surface area (Å²) in [6, 6.07) is 23.6. The summed E-state index contributed by atoms with van der Waals surface area (Å²) >= 11 is 0. The molecular weight excluding hydrogens is 332 g/mol. The number of hydrogen-bond acceptors (Lipinski definition) is 3. The van der Waals surface area contributed by atoms with E-state index in [1.165, 1.54) is 5.56 Å². The molecule has 136 valence electrons. The summed E-state index contributed by atoms with van der Waals surface area (Å²) in [5, 5.41) is 9.84. The molecule has 1 fully saturated rings. The fourth-order valence-corrected chi connectivity index (χ4v) is 3.88. The summed E-state index contributed by atoms with van der Waals surface area (Å²) in [7, 11) is 0. The Hall–Kier alpha value is -3.03. The van der Waals surface area contributed by atoms with E-state index < -0.39 is 0 Å². The van der Waals surface area contributed by atoms with Gasteiger partial charge in [0.05, 0.1) is 16.9 Å². The topological polar surface area (TPSA) is 35.2 Å². The first kappa shape index (κ1) is 17.4. The lowest BCUT2D eigenvalue weighted by atomic mass is 10.1. The molecule has 0 bridgehead atoms. The summed E-state index contributed by atoms with van der Waals surface area (Å²) in [5.41, 5.74) is 4.08. The predicted molar refractivity (Wildman–Crippen MR) is 109 cm³/mol. The average molecular weight is 356 g/mol. The number of anilines is 1. The zero-order valence-electron chi connectivity index (χ0n) is 15.6. The molecular formula is C23H24N4. The van der Waals surface area contributed by atoms with Gasteiger partial charge in [0.2, 0.25) is 0 Å². The van der Waals surface area contributed by atoms with Crippen molar-refractivity contribution in [3.05, 3.63) is 84.2 Å². The third kappa shape index (κ3) is 3.60. The molecule has 1 atom stereocenters. The Bertz CT molecular complexity index is 925. The van der Waals surface area contributed by atoms with Crippen molar-refractivity contribution >= 4 is 5.69 Å². The third-order valence-corrected chi connectivity index (χ3v) is 5.35. The van der Waals surface area contributed by atoms with Crippen LogP contribution in [0.2, 0.25) is 0 Å². The average Bonchev–Trinajstić information content (AvgIpc) is 3.24. The van der Waals surface area contributed by atoms with Crippen molar-refractivity contribution in [2.45, 2.75) is 19.5 Å². The van der Waals surface area contributed by atoms with Crippen molar-refractivity contribution in [1.82, 2.24) is 9.47 Å². The monoisotopic (exact) mass is 356 g/mol. The van der Waals surface area contributed by atoms with Gasteiger partial charge < -0.3 is 9.47 Å². The van der Waals surface area contributed by atoms with Crippen LogP contribution in [0, 0.1) is 11.3 Å². The van der Waals surface area contributed by atoms with Crippen molar-refractivity contribution in [1.29, 1.82) is 5.26 Å². The maximum absolute atomic E-state index is 9.84. The molecule has 0 amide bonds. The van der Waals surface area contributed by atoms with Crippen LogP contribution in [0.3, 0.4) is 0 Å². The Kier molecular flexibility index (Phi) is 4.95. The van der Waals surface area contributed by atoms with Crippen LogP contribution in [0.15, 0.2) is 73.1 Å². The Morgan fingerprint density at radius 2 is 1.67 bits per heavy atom. The standard InChI is InChI=1S/C23H24N4/c1-19-17-27(15-14-26(19)18-20-8-3-2-4-9-20)23-11-7-10-22(21(23)16-24)25-12-5-6-13-25/h2-13,19H,14-15,17-18H2,1H3. The van der Waals surface area contributed by atoms with Crippen molar-refractivity contribution in [2.75, 3.05) is 24.5 Å². The third-order valence-electron chi connectivity index (χ3n) is 5.35. The number of hydrogen-bond donors (Lipinski definition) is 0. The number of piperazine rings is 1. The summed E-state index contributed by atoms with van der Waals surface area (Å²) in [4.78, 5) is 4.88. The van der Waals surface area contributed by atoms with Crippen LogP contribution in [-0.2, 0) is 6.54 Å². The normalized spacial score (nSPS) is 17.6. The molecule has 0 saturated carbocycles. The highest BCUT2D eigenvalue weighted by Crippen LogP contribution is 2.28. The van der Waals surface area contributed by atoms with E-state index in [0.717, 1.165) is 43.1 Å². The number of nitriles is 1. The SMILES string of the molecule is CC1CN(c2cccc(-n3cccc3)c2C#N)CCN1Cc1ccccc1. The fraction of sp³-hybridized carbons (Fsp3) is 0.261. The van der Waals surface area contributed by atoms with Gasteiger partial charge in [-0.15, -0.1) is 0 Å². The second kappa shape index (κ2) is 7.69. The largest absolute Gasteiger partial charge is 0.368 e. The van der Waals surface area contributed by atoms with Crippen LogP contribution in [-0.4, -0.2) is 35.1 Å². The lowest BCUT2D eigenvalue weighted by Crippen LogP contribution is -2.51. The molecule has 4 heteroatoms. The summed E-state index contributed by atoms with van der Waals surface area (Å²) in [5.74, 6) is 0. The molecule has 0 spiro atoms. The Morgan fingerprint density at radius 3 is 2.37 bits per heavy atom. The highest BCUT2D eigenvalue weighted by molar-refractivity contribution is 5.68. The highest BCUT2D eigenvalue weighted by Gasteiger charge is 2.26. The number of aromatic nitrogens is 1. The molecule has 4 rings (SSSR count). The van der Waals surface area contributed by atoms with Crippen molar-refractivity contribution in [2.24, 2.45) is 0 Å². The molecule has 1 saturated heterocycles. The van der Waals surface area contributed by atoms with Gasteiger partial charge in [0.15, 0.2) is 0 Å². The Morgan fingerprint density at radius 1 is 0.926 bits per heavy atom. The van der Waals surface area contributed by atoms with Crippen LogP contribution in [0.1, 0.15) is 18.1 Å². The molecule has 2 heterocycles. The molecule has 3 aromatic rings. The molecule has 2 aromatic carbocycles. The molecule has 1 unspecified atom stereocenters. The van der Waals surface area contributed by atoms with Crippen molar-refractivity contribution in [3.63, 3.8) is 0 Å². The second-order valence-corrected chi connectivity index (χ2v) is 7.12. The number of rotatable bonds is 4. The molecule has 0 N–H and O–H groups in total. The number of nitrogens with zero attached hydrogens (tertiary/aromatic N) is 4.